The molecule has 5 heteroatoms. The van der Waals surface area contributed by atoms with Crippen LogP contribution in [0.3, 0.4) is 0 Å². The van der Waals surface area contributed by atoms with Gasteiger partial charge in [0.05, 0.1) is 0 Å². The van der Waals surface area contributed by atoms with E-state index in [0.29, 0.717) is 17.5 Å². The predicted octanol–water partition coefficient (Wildman–Crippen LogP) is 5.35. The molecule has 1 fully saturated rings. The predicted molar refractivity (Wildman–Crippen MR) is 103 cm³/mol. The molecule has 0 spiro atoms. The first-order valence-electron chi connectivity index (χ1n) is 8.40. The Morgan fingerprint density at radius 2 is 1.42 bits per heavy atom. The number of hydrogen-bond donors (Lipinski definition) is 0. The van der Waals surface area contributed by atoms with Gasteiger partial charge in [-0.15, -0.1) is 23.2 Å². The number of ketones is 1. The second-order valence-electron chi connectivity index (χ2n) is 7.14. The van der Waals surface area contributed by atoms with E-state index in [-0.39, 0.29) is 5.78 Å². The minimum Gasteiger partial charge on any atom is -0.448 e. The Kier molecular flexibility index (Phi) is 4.89. The summed E-state index contributed by atoms with van der Waals surface area (Å²) < 4.78 is 4.48. The van der Waals surface area contributed by atoms with Gasteiger partial charge in [0.25, 0.3) is 0 Å². The van der Waals surface area contributed by atoms with Gasteiger partial charge in [-0.1, -0.05) is 59.7 Å². The highest BCUT2D eigenvalue weighted by Gasteiger charge is 2.69. The molecule has 0 saturated heterocycles. The topological polar surface area (TPSA) is 43.4 Å². The molecule has 136 valence electrons. The lowest BCUT2D eigenvalue weighted by atomic mass is 9.98. The van der Waals surface area contributed by atoms with Crippen molar-refractivity contribution in [2.24, 2.45) is 5.41 Å². The van der Waals surface area contributed by atoms with E-state index in [1.165, 1.54) is 0 Å². The number of aryl methyl sites for hydroxylation is 2. The van der Waals surface area contributed by atoms with Crippen LogP contribution in [0.5, 0.6) is 0 Å². The summed E-state index contributed by atoms with van der Waals surface area (Å²) in [7, 11) is 0. The molecule has 3 rings (SSSR count). The molecule has 0 heterocycles. The van der Waals surface area contributed by atoms with Crippen LogP contribution in [0.25, 0.3) is 0 Å². The summed E-state index contributed by atoms with van der Waals surface area (Å²) in [5, 5.41) is 0. The number of carbonyl (C=O) groups excluding carboxylic acids is 2. The second kappa shape index (κ2) is 6.71. The zero-order chi connectivity index (χ0) is 19.1. The fraction of sp³-hybridized carbons (Fsp3) is 0.333. The third-order valence-electron chi connectivity index (χ3n) is 4.89. The van der Waals surface area contributed by atoms with Crippen molar-refractivity contribution in [3.8, 4) is 0 Å². The van der Waals surface area contributed by atoms with Gasteiger partial charge in [-0.3, -0.25) is 9.59 Å². The zero-order valence-electron chi connectivity index (χ0n) is 14.9. The van der Waals surface area contributed by atoms with E-state index < -0.39 is 21.8 Å². The highest BCUT2D eigenvalue weighted by Crippen LogP contribution is 2.64. The first kappa shape index (κ1) is 18.9. The number of hydrogen-bond acceptors (Lipinski definition) is 3. The number of carbonyl (C=O) groups is 2. The lowest BCUT2D eigenvalue weighted by molar-refractivity contribution is -0.153. The molecule has 3 nitrogen and oxygen atoms in total. The van der Waals surface area contributed by atoms with Crippen molar-refractivity contribution in [2.75, 3.05) is 0 Å². The fourth-order valence-electron chi connectivity index (χ4n) is 2.74. The van der Waals surface area contributed by atoms with E-state index in [9.17, 15) is 9.59 Å². The summed E-state index contributed by atoms with van der Waals surface area (Å²) in [6.07, 6.45) is -0.728. The first-order valence-corrected chi connectivity index (χ1v) is 9.16. The molecule has 0 N–H and O–H groups in total. The quantitative estimate of drug-likeness (QED) is 0.392. The van der Waals surface area contributed by atoms with Gasteiger partial charge >= 0.3 is 5.97 Å². The van der Waals surface area contributed by atoms with Crippen molar-refractivity contribution < 1.29 is 14.3 Å². The molecule has 1 saturated carbocycles. The van der Waals surface area contributed by atoms with Crippen molar-refractivity contribution >= 4 is 35.0 Å². The molecule has 2 aromatic carbocycles. The van der Waals surface area contributed by atoms with Crippen molar-refractivity contribution in [2.45, 2.75) is 37.6 Å². The first-order chi connectivity index (χ1) is 12.1. The Hall–Kier alpha value is -1.84. The highest BCUT2D eigenvalue weighted by atomic mass is 35.5. The molecule has 0 aromatic heterocycles. The van der Waals surface area contributed by atoms with Crippen molar-refractivity contribution in [1.29, 1.82) is 0 Å². The maximum absolute atomic E-state index is 13.0. The van der Waals surface area contributed by atoms with Crippen LogP contribution in [-0.2, 0) is 9.53 Å². The maximum atomic E-state index is 13.0. The Labute approximate surface area is 163 Å². The summed E-state index contributed by atoms with van der Waals surface area (Å²) in [6, 6.07) is 14.5. The standard InChI is InChI=1S/C21H20Cl2O3/c1-13-4-8-15(9-5-13)17(24)18(16-10-6-14(2)7-11-16)26-19(25)20(3)12-21(20,22)23/h4-11,18H,12H2,1-3H3/t18-,20+/m0/s1. The number of ether oxygens (including phenoxy) is 1. The molecular formula is C21H20Cl2O3. The second-order valence-corrected chi connectivity index (χ2v) is 8.62. The highest BCUT2D eigenvalue weighted by molar-refractivity contribution is 6.53. The molecule has 0 aliphatic heterocycles. The Morgan fingerprint density at radius 3 is 1.88 bits per heavy atom. The number of halogens is 2. The Morgan fingerprint density at radius 1 is 0.962 bits per heavy atom. The molecule has 1 aliphatic rings. The summed E-state index contributed by atoms with van der Waals surface area (Å²) >= 11 is 12.2. The van der Waals surface area contributed by atoms with E-state index >= 15 is 0 Å². The molecule has 2 atom stereocenters. The Balaban J connectivity index is 1.92. The molecule has 0 unspecified atom stereocenters. The molecule has 2 aromatic rings. The maximum Gasteiger partial charge on any atom is 0.316 e. The largest absolute Gasteiger partial charge is 0.448 e. The number of alkyl halides is 2. The van der Waals surface area contributed by atoms with E-state index in [0.717, 1.165) is 11.1 Å². The average molecular weight is 391 g/mol. The third kappa shape index (κ3) is 3.51. The smallest absolute Gasteiger partial charge is 0.316 e. The van der Waals surface area contributed by atoms with Crippen LogP contribution < -0.4 is 0 Å². The summed E-state index contributed by atoms with van der Waals surface area (Å²) in [5.41, 5.74) is 2.21. The van der Waals surface area contributed by atoms with Gasteiger partial charge in [0, 0.05) is 17.5 Å². The third-order valence-corrected chi connectivity index (χ3v) is 5.99. The minimum atomic E-state index is -1.14. The summed E-state index contributed by atoms with van der Waals surface area (Å²) in [4.78, 5) is 25.7. The summed E-state index contributed by atoms with van der Waals surface area (Å²) in [5.74, 6) is -0.838. The van der Waals surface area contributed by atoms with Crippen LogP contribution in [0.15, 0.2) is 48.5 Å². The Bertz CT molecular complexity index is 841. The van der Waals surface area contributed by atoms with Crippen LogP contribution in [0.4, 0.5) is 0 Å². The normalized spacial score (nSPS) is 21.7. The van der Waals surface area contributed by atoms with Crippen LogP contribution in [0.2, 0.25) is 0 Å². The van der Waals surface area contributed by atoms with Gasteiger partial charge < -0.3 is 4.74 Å². The molecular weight excluding hydrogens is 371 g/mol. The van der Waals surface area contributed by atoms with Crippen LogP contribution in [0.1, 0.15) is 46.5 Å². The van der Waals surface area contributed by atoms with Crippen LogP contribution in [0, 0.1) is 19.3 Å². The van der Waals surface area contributed by atoms with E-state index in [4.69, 9.17) is 27.9 Å². The van der Waals surface area contributed by atoms with Gasteiger partial charge in [0.15, 0.2) is 6.10 Å². The van der Waals surface area contributed by atoms with Crippen molar-refractivity contribution in [3.05, 3.63) is 70.8 Å². The van der Waals surface area contributed by atoms with Crippen LogP contribution in [-0.4, -0.2) is 16.1 Å². The summed E-state index contributed by atoms with van der Waals surface area (Å²) in [6.45, 7) is 5.55. The van der Waals surface area contributed by atoms with E-state index in [2.05, 4.69) is 0 Å². The SMILES string of the molecule is Cc1ccc(C(=O)[C@@H](OC(=O)[C@@]2(C)CC2(Cl)Cl)c2ccc(C)cc2)cc1. The van der Waals surface area contributed by atoms with Crippen LogP contribution >= 0.6 is 23.2 Å². The molecule has 1 aliphatic carbocycles. The molecule has 0 radical (unpaired) electrons. The van der Waals surface area contributed by atoms with E-state index in [1.54, 1.807) is 31.2 Å². The number of esters is 1. The molecule has 26 heavy (non-hydrogen) atoms. The van der Waals surface area contributed by atoms with Gasteiger partial charge in [0.1, 0.15) is 9.75 Å². The molecule has 0 bridgehead atoms. The number of Topliss-reactive ketones (excluding diaryl/α,β-unsaturated/α-hetero) is 1. The lowest BCUT2D eigenvalue weighted by Crippen LogP contribution is -2.27. The van der Waals surface area contributed by atoms with Gasteiger partial charge in [-0.05, 0) is 20.8 Å². The van der Waals surface area contributed by atoms with E-state index in [1.807, 2.05) is 38.1 Å². The monoisotopic (exact) mass is 390 g/mol. The zero-order valence-corrected chi connectivity index (χ0v) is 16.4. The lowest BCUT2D eigenvalue weighted by Gasteiger charge is -2.20. The van der Waals surface area contributed by atoms with Crippen molar-refractivity contribution in [3.63, 3.8) is 0 Å². The number of benzene rings is 2. The molecule has 0 amide bonds. The minimum absolute atomic E-state index is 0.277. The van der Waals surface area contributed by atoms with Gasteiger partial charge in [0.2, 0.25) is 5.78 Å². The average Bonchev–Trinajstić information content (AvgIpc) is 3.13. The van der Waals surface area contributed by atoms with Crippen molar-refractivity contribution in [1.82, 2.24) is 0 Å². The van der Waals surface area contributed by atoms with Gasteiger partial charge in [-0.25, -0.2) is 0 Å². The fourth-order valence-corrected chi connectivity index (χ4v) is 3.43. The number of rotatable bonds is 5. The van der Waals surface area contributed by atoms with Gasteiger partial charge in [-0.2, -0.15) is 0 Å².